The van der Waals surface area contributed by atoms with Gasteiger partial charge in [0.2, 0.25) is 0 Å². The van der Waals surface area contributed by atoms with Crippen LogP contribution in [-0.4, -0.2) is 34.3 Å². The maximum atomic E-state index is 12.4. The number of aryl methyl sites for hydroxylation is 2. The van der Waals surface area contributed by atoms with E-state index in [9.17, 15) is 8.42 Å². The molecule has 19 heavy (non-hydrogen) atoms. The summed E-state index contributed by atoms with van der Waals surface area (Å²) in [4.78, 5) is 8.05. The number of nitrogens with zero attached hydrogens (tertiary/aromatic N) is 4. The molecule has 0 saturated carbocycles. The van der Waals surface area contributed by atoms with Gasteiger partial charge in [-0.15, -0.1) is 11.3 Å². The van der Waals surface area contributed by atoms with Crippen LogP contribution in [0.5, 0.6) is 0 Å². The molecule has 7 nitrogen and oxygen atoms in total. The van der Waals surface area contributed by atoms with Gasteiger partial charge in [-0.25, -0.2) is 18.4 Å². The average Bonchev–Trinajstić information content (AvgIpc) is 2.85. The zero-order valence-corrected chi connectivity index (χ0v) is 12.5. The number of nitrogens with two attached hydrogens (primary N) is 1. The van der Waals surface area contributed by atoms with E-state index in [4.69, 9.17) is 5.73 Å². The Bertz CT molecular complexity index is 669. The maximum Gasteiger partial charge on any atom is 0.262 e. The molecule has 2 N–H and O–H groups in total. The molecule has 0 amide bonds. The number of anilines is 1. The number of sulfonamides is 1. The zero-order valence-electron chi connectivity index (χ0n) is 10.9. The van der Waals surface area contributed by atoms with Gasteiger partial charge in [-0.3, -0.25) is 0 Å². The molecule has 0 spiro atoms. The van der Waals surface area contributed by atoms with Crippen LogP contribution in [0.3, 0.4) is 0 Å². The minimum atomic E-state index is -3.67. The van der Waals surface area contributed by atoms with Crippen molar-refractivity contribution in [2.75, 3.05) is 12.8 Å². The van der Waals surface area contributed by atoms with E-state index in [1.807, 2.05) is 12.3 Å². The number of hydrogen-bond donors (Lipinski definition) is 1. The quantitative estimate of drug-likeness (QED) is 0.892. The molecule has 0 bridgehead atoms. The molecule has 0 saturated heterocycles. The van der Waals surface area contributed by atoms with Crippen LogP contribution >= 0.6 is 11.3 Å². The van der Waals surface area contributed by atoms with Crippen LogP contribution in [0.25, 0.3) is 0 Å². The van der Waals surface area contributed by atoms with Crippen molar-refractivity contribution in [1.82, 2.24) is 18.8 Å². The van der Waals surface area contributed by atoms with Crippen molar-refractivity contribution in [3.63, 3.8) is 0 Å². The van der Waals surface area contributed by atoms with Gasteiger partial charge in [0.15, 0.2) is 10.8 Å². The summed E-state index contributed by atoms with van der Waals surface area (Å²) in [5.74, 6) is 0.00353. The van der Waals surface area contributed by atoms with Gasteiger partial charge < -0.3 is 10.3 Å². The summed E-state index contributed by atoms with van der Waals surface area (Å²) in [7, 11) is -0.582. The predicted molar refractivity (Wildman–Crippen MR) is 73.1 cm³/mol. The number of aromatic nitrogens is 3. The lowest BCUT2D eigenvalue weighted by Gasteiger charge is -2.16. The largest absolute Gasteiger partial charge is 0.381 e. The molecule has 104 valence electrons. The number of thiazole rings is 1. The van der Waals surface area contributed by atoms with Crippen molar-refractivity contribution in [3.05, 3.63) is 22.4 Å². The Morgan fingerprint density at radius 3 is 2.68 bits per heavy atom. The maximum absolute atomic E-state index is 12.4. The lowest BCUT2D eigenvalue weighted by Crippen LogP contribution is -2.28. The molecule has 2 rings (SSSR count). The van der Waals surface area contributed by atoms with Crippen LogP contribution in [0.2, 0.25) is 0 Å². The third kappa shape index (κ3) is 2.62. The lowest BCUT2D eigenvalue weighted by atomic mass is 10.5. The highest BCUT2D eigenvalue weighted by Crippen LogP contribution is 2.21. The van der Waals surface area contributed by atoms with Crippen LogP contribution in [-0.2, 0) is 23.6 Å². The Balaban J connectivity index is 2.30. The molecular formula is C10H15N5O2S2. The Kier molecular flexibility index (Phi) is 3.61. The summed E-state index contributed by atoms with van der Waals surface area (Å²) >= 11 is 1.49. The highest BCUT2D eigenvalue weighted by Gasteiger charge is 2.27. The van der Waals surface area contributed by atoms with Gasteiger partial charge >= 0.3 is 0 Å². The van der Waals surface area contributed by atoms with Crippen LogP contribution < -0.4 is 5.73 Å². The minimum Gasteiger partial charge on any atom is -0.381 e. The highest BCUT2D eigenvalue weighted by atomic mass is 32.2. The molecule has 9 heteroatoms. The first-order valence-corrected chi connectivity index (χ1v) is 7.78. The minimum absolute atomic E-state index is 0.00181. The second-order valence-electron chi connectivity index (χ2n) is 4.16. The summed E-state index contributed by atoms with van der Waals surface area (Å²) < 4.78 is 27.4. The van der Waals surface area contributed by atoms with Crippen molar-refractivity contribution < 1.29 is 8.42 Å². The summed E-state index contributed by atoms with van der Waals surface area (Å²) in [6, 6.07) is 0. The van der Waals surface area contributed by atoms with Crippen molar-refractivity contribution in [3.8, 4) is 0 Å². The van der Waals surface area contributed by atoms with Gasteiger partial charge in [-0.2, -0.15) is 4.31 Å². The molecule has 2 aromatic rings. The Morgan fingerprint density at radius 1 is 1.53 bits per heavy atom. The molecule has 0 radical (unpaired) electrons. The van der Waals surface area contributed by atoms with E-state index in [0.717, 1.165) is 5.01 Å². The van der Waals surface area contributed by atoms with E-state index in [1.165, 1.54) is 33.6 Å². The zero-order chi connectivity index (χ0) is 14.2. The van der Waals surface area contributed by atoms with Gasteiger partial charge in [0.1, 0.15) is 0 Å². The van der Waals surface area contributed by atoms with E-state index in [0.29, 0.717) is 5.69 Å². The molecule has 0 unspecified atom stereocenters. The van der Waals surface area contributed by atoms with E-state index in [2.05, 4.69) is 9.97 Å². The van der Waals surface area contributed by atoms with Gasteiger partial charge in [-0.1, -0.05) is 0 Å². The first kappa shape index (κ1) is 14.0. The Hall–Kier alpha value is -1.45. The van der Waals surface area contributed by atoms with Crippen LogP contribution in [0.15, 0.2) is 16.7 Å². The Morgan fingerprint density at radius 2 is 2.21 bits per heavy atom. The fourth-order valence-electron chi connectivity index (χ4n) is 1.69. The third-order valence-electron chi connectivity index (χ3n) is 2.62. The number of imidazole rings is 1. The fourth-order valence-corrected chi connectivity index (χ4v) is 3.62. The molecule has 0 aliphatic rings. The van der Waals surface area contributed by atoms with E-state index < -0.39 is 10.0 Å². The van der Waals surface area contributed by atoms with Crippen LogP contribution in [0.4, 0.5) is 5.82 Å². The molecular weight excluding hydrogens is 286 g/mol. The summed E-state index contributed by atoms with van der Waals surface area (Å²) in [6.45, 7) is 2.08. The molecule has 0 aliphatic heterocycles. The monoisotopic (exact) mass is 301 g/mol. The Labute approximate surface area is 115 Å². The SMILES string of the molecule is Cc1nc(CN(C)S(=O)(=O)c2c(N)ncn2C)cs1. The molecule has 0 atom stereocenters. The number of hydrogen-bond acceptors (Lipinski definition) is 6. The molecule has 2 heterocycles. The predicted octanol–water partition coefficient (Wildman–Crippen LogP) is 0.588. The summed E-state index contributed by atoms with van der Waals surface area (Å²) in [6.07, 6.45) is 1.38. The molecule has 0 fully saturated rings. The first-order valence-electron chi connectivity index (χ1n) is 5.46. The van der Waals surface area contributed by atoms with Crippen molar-refractivity contribution in [2.24, 2.45) is 7.05 Å². The summed E-state index contributed by atoms with van der Waals surface area (Å²) in [5, 5.41) is 2.75. The molecule has 0 aromatic carbocycles. The second kappa shape index (κ2) is 4.91. The van der Waals surface area contributed by atoms with E-state index in [-0.39, 0.29) is 17.4 Å². The van der Waals surface area contributed by atoms with Gasteiger partial charge in [0, 0.05) is 19.5 Å². The van der Waals surface area contributed by atoms with Crippen LogP contribution in [0, 0.1) is 6.92 Å². The normalized spacial score (nSPS) is 12.2. The number of nitrogen functional groups attached to an aromatic ring is 1. The highest BCUT2D eigenvalue weighted by molar-refractivity contribution is 7.89. The smallest absolute Gasteiger partial charge is 0.262 e. The van der Waals surface area contributed by atoms with Crippen molar-refractivity contribution >= 4 is 27.2 Å². The van der Waals surface area contributed by atoms with E-state index in [1.54, 1.807) is 7.05 Å². The molecule has 0 aliphatic carbocycles. The fraction of sp³-hybridized carbons (Fsp3) is 0.400. The molecule has 2 aromatic heterocycles. The van der Waals surface area contributed by atoms with Gasteiger partial charge in [-0.05, 0) is 6.92 Å². The third-order valence-corrected chi connectivity index (χ3v) is 5.37. The van der Waals surface area contributed by atoms with Gasteiger partial charge in [0.25, 0.3) is 10.0 Å². The van der Waals surface area contributed by atoms with E-state index >= 15 is 0 Å². The topological polar surface area (TPSA) is 94.1 Å². The first-order chi connectivity index (χ1) is 8.82. The lowest BCUT2D eigenvalue weighted by molar-refractivity contribution is 0.457. The van der Waals surface area contributed by atoms with Crippen molar-refractivity contribution in [2.45, 2.75) is 18.5 Å². The number of rotatable bonds is 4. The summed E-state index contributed by atoms with van der Waals surface area (Å²) in [5.41, 5.74) is 6.33. The van der Waals surface area contributed by atoms with Crippen molar-refractivity contribution in [1.29, 1.82) is 0 Å². The average molecular weight is 301 g/mol. The standard InChI is InChI=1S/C10H15N5O2S2/c1-7-13-8(5-18-7)4-15(3)19(16,17)10-9(11)12-6-14(10)2/h5-6H,4,11H2,1-3H3. The second-order valence-corrected chi connectivity index (χ2v) is 7.19. The van der Waals surface area contributed by atoms with Crippen LogP contribution in [0.1, 0.15) is 10.7 Å². The van der Waals surface area contributed by atoms with Gasteiger partial charge in [0.05, 0.1) is 23.6 Å².